The van der Waals surface area contributed by atoms with Crippen molar-refractivity contribution in [3.05, 3.63) is 35.4 Å². The van der Waals surface area contributed by atoms with E-state index in [2.05, 4.69) is 24.3 Å². The van der Waals surface area contributed by atoms with Gasteiger partial charge < -0.3 is 0 Å². The summed E-state index contributed by atoms with van der Waals surface area (Å²) in [4.78, 5) is 12.5. The highest BCUT2D eigenvalue weighted by Gasteiger charge is 2.57. The molecule has 1 nitrogen and oxygen atoms in total. The minimum atomic E-state index is 0.308. The highest BCUT2D eigenvalue weighted by atomic mass is 16.1. The van der Waals surface area contributed by atoms with Crippen LogP contribution in [-0.4, -0.2) is 5.78 Å². The fourth-order valence-electron chi connectivity index (χ4n) is 4.28. The lowest BCUT2D eigenvalue weighted by atomic mass is 9.94. The van der Waals surface area contributed by atoms with Crippen LogP contribution in [0.4, 0.5) is 0 Å². The number of carbonyl (C=O) groups is 1. The van der Waals surface area contributed by atoms with Crippen LogP contribution in [0.5, 0.6) is 0 Å². The zero-order chi connectivity index (χ0) is 11.4. The van der Waals surface area contributed by atoms with Gasteiger partial charge in [-0.1, -0.05) is 30.7 Å². The molecule has 2 fully saturated rings. The SMILES string of the molecule is O=C(C1Cc2ccccc2C1)C1C2CCCC21. The highest BCUT2D eigenvalue weighted by molar-refractivity contribution is 5.88. The molecule has 0 saturated heterocycles. The average Bonchev–Trinajstić information content (AvgIpc) is 2.77. The Morgan fingerprint density at radius 2 is 1.59 bits per heavy atom. The van der Waals surface area contributed by atoms with Gasteiger partial charge in [-0.25, -0.2) is 0 Å². The first-order valence-electron chi connectivity index (χ1n) is 6.95. The van der Waals surface area contributed by atoms with Crippen molar-refractivity contribution in [3.8, 4) is 0 Å². The molecule has 0 heterocycles. The standard InChI is InChI=1S/C16H18O/c17-16(15-13-6-3-7-14(13)15)12-8-10-4-1-2-5-11(10)9-12/h1-2,4-5,12-15H,3,6-9H2. The molecule has 0 radical (unpaired) electrons. The Labute approximate surface area is 102 Å². The lowest BCUT2D eigenvalue weighted by Gasteiger charge is -2.09. The maximum Gasteiger partial charge on any atom is 0.140 e. The predicted molar refractivity (Wildman–Crippen MR) is 66.7 cm³/mol. The van der Waals surface area contributed by atoms with Crippen LogP contribution in [0.25, 0.3) is 0 Å². The lowest BCUT2D eigenvalue weighted by Crippen LogP contribution is -2.18. The molecule has 2 unspecified atom stereocenters. The van der Waals surface area contributed by atoms with Crippen LogP contribution in [0.3, 0.4) is 0 Å². The topological polar surface area (TPSA) is 17.1 Å². The Hall–Kier alpha value is -1.11. The van der Waals surface area contributed by atoms with Gasteiger partial charge in [0.1, 0.15) is 5.78 Å². The summed E-state index contributed by atoms with van der Waals surface area (Å²) in [6.45, 7) is 0. The first kappa shape index (κ1) is 9.87. The van der Waals surface area contributed by atoms with Gasteiger partial charge >= 0.3 is 0 Å². The third kappa shape index (κ3) is 1.41. The van der Waals surface area contributed by atoms with Gasteiger partial charge in [-0.2, -0.15) is 0 Å². The Morgan fingerprint density at radius 3 is 2.18 bits per heavy atom. The normalized spacial score (nSPS) is 34.5. The smallest absolute Gasteiger partial charge is 0.140 e. The van der Waals surface area contributed by atoms with Crippen LogP contribution in [0.15, 0.2) is 24.3 Å². The molecule has 3 aliphatic rings. The first-order valence-corrected chi connectivity index (χ1v) is 6.95. The Bertz CT molecular complexity index is 441. The molecule has 0 spiro atoms. The van der Waals surface area contributed by atoms with Crippen molar-refractivity contribution in [3.63, 3.8) is 0 Å². The van der Waals surface area contributed by atoms with Gasteiger partial charge in [0, 0.05) is 11.8 Å². The number of hydrogen-bond acceptors (Lipinski definition) is 1. The summed E-state index contributed by atoms with van der Waals surface area (Å²) in [5, 5.41) is 0. The predicted octanol–water partition coefficient (Wildman–Crippen LogP) is 3.02. The molecule has 17 heavy (non-hydrogen) atoms. The second-order valence-electron chi connectivity index (χ2n) is 6.06. The molecule has 1 aromatic carbocycles. The van der Waals surface area contributed by atoms with Crippen LogP contribution < -0.4 is 0 Å². The van der Waals surface area contributed by atoms with E-state index in [0.29, 0.717) is 17.6 Å². The van der Waals surface area contributed by atoms with Gasteiger partial charge in [0.05, 0.1) is 0 Å². The molecule has 2 atom stereocenters. The maximum atomic E-state index is 12.5. The van der Waals surface area contributed by atoms with Crippen molar-refractivity contribution in [1.29, 1.82) is 0 Å². The summed E-state index contributed by atoms with van der Waals surface area (Å²) in [5.41, 5.74) is 2.83. The minimum absolute atomic E-state index is 0.308. The van der Waals surface area contributed by atoms with Crippen LogP contribution in [0.1, 0.15) is 30.4 Å². The zero-order valence-electron chi connectivity index (χ0n) is 10.1. The molecule has 0 aliphatic heterocycles. The molecule has 3 aliphatic carbocycles. The van der Waals surface area contributed by atoms with E-state index in [1.165, 1.54) is 30.4 Å². The third-order valence-corrected chi connectivity index (χ3v) is 5.19. The Balaban J connectivity index is 1.50. The fourth-order valence-corrected chi connectivity index (χ4v) is 4.28. The van der Waals surface area contributed by atoms with Gasteiger partial charge in [0.25, 0.3) is 0 Å². The maximum absolute atomic E-state index is 12.5. The molecule has 0 aromatic heterocycles. The number of fused-ring (bicyclic) bond motifs is 2. The van der Waals surface area contributed by atoms with Crippen molar-refractivity contribution in [1.82, 2.24) is 0 Å². The Morgan fingerprint density at radius 1 is 1.00 bits per heavy atom. The van der Waals surface area contributed by atoms with E-state index in [-0.39, 0.29) is 0 Å². The summed E-state index contributed by atoms with van der Waals surface area (Å²) >= 11 is 0. The monoisotopic (exact) mass is 226 g/mol. The number of rotatable bonds is 2. The highest BCUT2D eigenvalue weighted by Crippen LogP contribution is 2.59. The molecule has 88 valence electrons. The molecular weight excluding hydrogens is 208 g/mol. The summed E-state index contributed by atoms with van der Waals surface area (Å²) in [5.74, 6) is 2.93. The molecule has 1 heteroatoms. The number of hydrogen-bond donors (Lipinski definition) is 0. The van der Waals surface area contributed by atoms with Crippen LogP contribution in [0, 0.1) is 23.7 Å². The van der Waals surface area contributed by atoms with Crippen LogP contribution in [-0.2, 0) is 17.6 Å². The largest absolute Gasteiger partial charge is 0.299 e. The molecule has 4 rings (SSSR count). The van der Waals surface area contributed by atoms with E-state index >= 15 is 0 Å². The number of ketones is 1. The molecule has 2 saturated carbocycles. The first-order chi connectivity index (χ1) is 8.34. The third-order valence-electron chi connectivity index (χ3n) is 5.19. The molecule has 0 N–H and O–H groups in total. The zero-order valence-corrected chi connectivity index (χ0v) is 10.1. The van der Waals surface area contributed by atoms with Gasteiger partial charge in [-0.05, 0) is 48.6 Å². The van der Waals surface area contributed by atoms with E-state index in [1.807, 2.05) is 0 Å². The Kier molecular flexibility index (Phi) is 2.00. The van der Waals surface area contributed by atoms with E-state index in [0.717, 1.165) is 24.7 Å². The van der Waals surface area contributed by atoms with E-state index in [1.54, 1.807) is 0 Å². The lowest BCUT2D eigenvalue weighted by molar-refractivity contribution is -0.124. The van der Waals surface area contributed by atoms with E-state index in [9.17, 15) is 4.79 Å². The summed E-state index contributed by atoms with van der Waals surface area (Å²) in [6.07, 6.45) is 6.02. The summed E-state index contributed by atoms with van der Waals surface area (Å²) in [6, 6.07) is 8.57. The average molecular weight is 226 g/mol. The van der Waals surface area contributed by atoms with Crippen LogP contribution >= 0.6 is 0 Å². The van der Waals surface area contributed by atoms with Crippen molar-refractivity contribution >= 4 is 5.78 Å². The molecule has 0 amide bonds. The van der Waals surface area contributed by atoms with Gasteiger partial charge in [0.15, 0.2) is 0 Å². The van der Waals surface area contributed by atoms with Gasteiger partial charge in [-0.15, -0.1) is 0 Å². The molecular formula is C16H18O. The number of Topliss-reactive ketones (excluding diaryl/α,β-unsaturated/α-hetero) is 1. The van der Waals surface area contributed by atoms with Crippen molar-refractivity contribution in [2.75, 3.05) is 0 Å². The quantitative estimate of drug-likeness (QED) is 0.757. The van der Waals surface area contributed by atoms with Crippen molar-refractivity contribution in [2.24, 2.45) is 23.7 Å². The second-order valence-corrected chi connectivity index (χ2v) is 6.06. The van der Waals surface area contributed by atoms with Crippen LogP contribution in [0.2, 0.25) is 0 Å². The van der Waals surface area contributed by atoms with Gasteiger partial charge in [-0.3, -0.25) is 4.79 Å². The second kappa shape index (κ2) is 3.44. The number of benzene rings is 1. The van der Waals surface area contributed by atoms with Gasteiger partial charge in [0.2, 0.25) is 0 Å². The van der Waals surface area contributed by atoms with Crippen molar-refractivity contribution < 1.29 is 4.79 Å². The fraction of sp³-hybridized carbons (Fsp3) is 0.562. The molecule has 0 bridgehead atoms. The van der Waals surface area contributed by atoms with Crippen molar-refractivity contribution in [2.45, 2.75) is 32.1 Å². The molecule has 1 aromatic rings. The van der Waals surface area contributed by atoms with E-state index < -0.39 is 0 Å². The summed E-state index contributed by atoms with van der Waals surface area (Å²) < 4.78 is 0. The minimum Gasteiger partial charge on any atom is -0.299 e. The van der Waals surface area contributed by atoms with E-state index in [4.69, 9.17) is 0 Å². The summed E-state index contributed by atoms with van der Waals surface area (Å²) in [7, 11) is 0. The number of carbonyl (C=O) groups excluding carboxylic acids is 1.